The Kier molecular flexibility index (Phi) is 3.68. The minimum Gasteiger partial charge on any atom is -0.358 e. The van der Waals surface area contributed by atoms with Crippen molar-refractivity contribution in [1.29, 1.82) is 0 Å². The fraction of sp³-hybridized carbons (Fsp3) is 0.143. The zero-order valence-corrected chi connectivity index (χ0v) is 12.6. The third kappa shape index (κ3) is 2.37. The summed E-state index contributed by atoms with van der Waals surface area (Å²) in [6, 6.07) is 9.69. The van der Waals surface area contributed by atoms with Gasteiger partial charge in [-0.1, -0.05) is 18.2 Å². The fourth-order valence-corrected chi connectivity index (χ4v) is 2.71. The maximum Gasteiger partial charge on any atom is 0.342 e. The van der Waals surface area contributed by atoms with E-state index < -0.39 is 10.2 Å². The lowest BCUT2D eigenvalue weighted by Crippen LogP contribution is -2.10. The minimum atomic E-state index is -0.478. The zero-order chi connectivity index (χ0) is 15.7. The minimum absolute atomic E-state index is 0.0770. The Morgan fingerprint density at radius 1 is 1.23 bits per heavy atom. The summed E-state index contributed by atoms with van der Waals surface area (Å²) >= 11 is 4.56. The van der Waals surface area contributed by atoms with Crippen LogP contribution < -0.4 is 0 Å². The SMILES string of the molecule is Cn1c([N+](=O)[O-])cnc1C(S)c1nccn1-c1ccccc1. The molecule has 0 aliphatic heterocycles. The first-order valence-electron chi connectivity index (χ1n) is 6.52. The molecule has 0 bridgehead atoms. The number of imidazole rings is 2. The molecular weight excluding hydrogens is 302 g/mol. The quantitative estimate of drug-likeness (QED) is 0.456. The molecule has 8 heteroatoms. The molecule has 0 saturated heterocycles. The van der Waals surface area contributed by atoms with Gasteiger partial charge in [0, 0.05) is 18.1 Å². The first kappa shape index (κ1) is 14.3. The van der Waals surface area contributed by atoms with Crippen molar-refractivity contribution in [2.45, 2.75) is 5.25 Å². The largest absolute Gasteiger partial charge is 0.358 e. The van der Waals surface area contributed by atoms with Crippen molar-refractivity contribution in [2.24, 2.45) is 7.05 Å². The van der Waals surface area contributed by atoms with Crippen LogP contribution in [0.2, 0.25) is 0 Å². The van der Waals surface area contributed by atoms with Gasteiger partial charge in [-0.15, -0.1) is 0 Å². The Hall–Kier alpha value is -2.61. The number of hydrogen-bond donors (Lipinski definition) is 1. The van der Waals surface area contributed by atoms with Crippen molar-refractivity contribution in [1.82, 2.24) is 19.1 Å². The number of rotatable bonds is 4. The topological polar surface area (TPSA) is 78.8 Å². The number of thiol groups is 1. The average Bonchev–Trinajstić information content (AvgIpc) is 3.14. The van der Waals surface area contributed by atoms with E-state index in [1.165, 1.54) is 10.8 Å². The predicted octanol–water partition coefficient (Wildman–Crippen LogP) is 2.53. The molecule has 1 unspecified atom stereocenters. The molecule has 7 nitrogen and oxygen atoms in total. The third-order valence-electron chi connectivity index (χ3n) is 3.38. The number of nitrogens with zero attached hydrogens (tertiary/aromatic N) is 5. The van der Waals surface area contributed by atoms with Crippen molar-refractivity contribution in [2.75, 3.05) is 0 Å². The second-order valence-electron chi connectivity index (χ2n) is 4.68. The number of aromatic nitrogens is 4. The van der Waals surface area contributed by atoms with Gasteiger partial charge in [-0.25, -0.2) is 14.5 Å². The summed E-state index contributed by atoms with van der Waals surface area (Å²) in [5.74, 6) is 1.04. The van der Waals surface area contributed by atoms with Crippen LogP contribution in [0.5, 0.6) is 0 Å². The van der Waals surface area contributed by atoms with Gasteiger partial charge in [0.05, 0.1) is 7.05 Å². The monoisotopic (exact) mass is 315 g/mol. The van der Waals surface area contributed by atoms with Crippen molar-refractivity contribution in [3.63, 3.8) is 0 Å². The van der Waals surface area contributed by atoms with Crippen molar-refractivity contribution >= 4 is 18.4 Å². The van der Waals surface area contributed by atoms with Crippen LogP contribution >= 0.6 is 12.6 Å². The molecule has 0 aliphatic rings. The Morgan fingerprint density at radius 3 is 2.59 bits per heavy atom. The number of benzene rings is 1. The molecule has 2 aromatic heterocycles. The molecule has 0 fully saturated rings. The highest BCUT2D eigenvalue weighted by Gasteiger charge is 2.26. The van der Waals surface area contributed by atoms with Crippen molar-refractivity contribution < 1.29 is 4.92 Å². The molecule has 0 amide bonds. The van der Waals surface area contributed by atoms with E-state index in [2.05, 4.69) is 22.6 Å². The van der Waals surface area contributed by atoms with E-state index in [-0.39, 0.29) is 5.82 Å². The molecule has 1 aromatic carbocycles. The second kappa shape index (κ2) is 5.64. The third-order valence-corrected chi connectivity index (χ3v) is 3.84. The van der Waals surface area contributed by atoms with E-state index in [0.29, 0.717) is 11.6 Å². The van der Waals surface area contributed by atoms with Crippen LogP contribution in [0.1, 0.15) is 16.9 Å². The molecule has 2 heterocycles. The maximum atomic E-state index is 10.9. The lowest BCUT2D eigenvalue weighted by atomic mass is 10.3. The van der Waals surface area contributed by atoms with E-state index in [0.717, 1.165) is 5.69 Å². The van der Waals surface area contributed by atoms with Crippen molar-refractivity contribution in [3.8, 4) is 5.69 Å². The predicted molar refractivity (Wildman–Crippen MR) is 84.3 cm³/mol. The van der Waals surface area contributed by atoms with Gasteiger partial charge in [0.25, 0.3) is 0 Å². The van der Waals surface area contributed by atoms with E-state index in [1.54, 1.807) is 13.2 Å². The summed E-state index contributed by atoms with van der Waals surface area (Å²) in [5, 5.41) is 10.5. The molecule has 3 rings (SSSR count). The molecule has 1 atom stereocenters. The maximum absolute atomic E-state index is 10.9. The van der Waals surface area contributed by atoms with Crippen LogP contribution in [0.3, 0.4) is 0 Å². The molecule has 3 aromatic rings. The van der Waals surface area contributed by atoms with Crippen LogP contribution in [-0.4, -0.2) is 24.0 Å². The lowest BCUT2D eigenvalue weighted by Gasteiger charge is -2.11. The summed E-state index contributed by atoms with van der Waals surface area (Å²) in [7, 11) is 1.60. The van der Waals surface area contributed by atoms with E-state index >= 15 is 0 Å². The second-order valence-corrected chi connectivity index (χ2v) is 5.20. The summed E-state index contributed by atoms with van der Waals surface area (Å²) in [6.07, 6.45) is 4.72. The molecule has 0 saturated carbocycles. The van der Waals surface area contributed by atoms with E-state index in [4.69, 9.17) is 0 Å². The first-order valence-corrected chi connectivity index (χ1v) is 7.04. The van der Waals surface area contributed by atoms with Crippen LogP contribution in [0.15, 0.2) is 48.9 Å². The summed E-state index contributed by atoms with van der Waals surface area (Å²) in [4.78, 5) is 18.9. The van der Waals surface area contributed by atoms with Gasteiger partial charge < -0.3 is 14.7 Å². The normalized spacial score (nSPS) is 12.3. The Bertz CT molecular complexity index is 812. The molecule has 112 valence electrons. The van der Waals surface area contributed by atoms with Gasteiger partial charge in [-0.05, 0) is 17.1 Å². The Labute approximate surface area is 131 Å². The standard InChI is InChI=1S/C14H13N5O2S/c1-17-11(19(20)21)9-16-13(17)12(22)14-15-7-8-18(14)10-5-3-2-4-6-10/h2-9,12,22H,1H3. The van der Waals surface area contributed by atoms with Crippen LogP contribution in [-0.2, 0) is 7.05 Å². The average molecular weight is 315 g/mol. The highest BCUT2D eigenvalue weighted by Crippen LogP contribution is 2.29. The van der Waals surface area contributed by atoms with Crippen LogP contribution in [0.4, 0.5) is 5.82 Å². The van der Waals surface area contributed by atoms with Gasteiger partial charge in [0.1, 0.15) is 17.3 Å². The van der Waals surface area contributed by atoms with Crippen LogP contribution in [0, 0.1) is 10.1 Å². The molecule has 0 aliphatic carbocycles. The van der Waals surface area contributed by atoms with E-state index in [1.807, 2.05) is 41.1 Å². The van der Waals surface area contributed by atoms with Crippen molar-refractivity contribution in [3.05, 3.63) is 70.7 Å². The number of nitro groups is 1. The van der Waals surface area contributed by atoms with Crippen LogP contribution in [0.25, 0.3) is 5.69 Å². The van der Waals surface area contributed by atoms with Gasteiger partial charge in [0.2, 0.25) is 5.82 Å². The smallest absolute Gasteiger partial charge is 0.342 e. The highest BCUT2D eigenvalue weighted by atomic mass is 32.1. The van der Waals surface area contributed by atoms with Gasteiger partial charge in [0.15, 0.2) is 0 Å². The van der Waals surface area contributed by atoms with E-state index in [9.17, 15) is 10.1 Å². The molecule has 0 radical (unpaired) electrons. The fourth-order valence-electron chi connectivity index (χ4n) is 2.28. The number of para-hydroxylation sites is 1. The molecule has 22 heavy (non-hydrogen) atoms. The van der Waals surface area contributed by atoms with Gasteiger partial charge in [-0.2, -0.15) is 12.6 Å². The summed E-state index contributed by atoms with van der Waals surface area (Å²) in [5.41, 5.74) is 0.942. The lowest BCUT2D eigenvalue weighted by molar-refractivity contribution is -0.391. The molecular formula is C14H13N5O2S. The Balaban J connectivity index is 2.03. The van der Waals surface area contributed by atoms with Gasteiger partial charge >= 0.3 is 5.82 Å². The molecule has 0 spiro atoms. The summed E-state index contributed by atoms with van der Waals surface area (Å²) < 4.78 is 3.31. The highest BCUT2D eigenvalue weighted by molar-refractivity contribution is 7.80. The summed E-state index contributed by atoms with van der Waals surface area (Å²) in [6.45, 7) is 0. The zero-order valence-electron chi connectivity index (χ0n) is 11.7. The Morgan fingerprint density at radius 2 is 1.95 bits per heavy atom. The molecule has 0 N–H and O–H groups in total. The first-order chi connectivity index (χ1) is 10.6. The van der Waals surface area contributed by atoms with Gasteiger partial charge in [-0.3, -0.25) is 0 Å². The number of hydrogen-bond acceptors (Lipinski definition) is 5.